The van der Waals surface area contributed by atoms with Crippen LogP contribution < -0.4 is 0 Å². The minimum Gasteiger partial charge on any atom is -0.463 e. The van der Waals surface area contributed by atoms with Crippen molar-refractivity contribution in [2.75, 3.05) is 39.6 Å². The van der Waals surface area contributed by atoms with Crippen LogP contribution in [-0.2, 0) is 55.8 Å². The third kappa shape index (κ3) is 91.0. The summed E-state index contributed by atoms with van der Waals surface area (Å²) >= 11 is 0. The molecule has 0 spiro atoms. The van der Waals surface area contributed by atoms with E-state index in [1.54, 1.807) is 0 Å². The number of rotatable bonds is 85. The fraction of sp³-hybridized carbons (Fsp3) is 0.646. The molecule has 0 rings (SSSR count). The van der Waals surface area contributed by atoms with Gasteiger partial charge in [-0.15, -0.1) is 0 Å². The fourth-order valence-corrected chi connectivity index (χ4v) is 13.6. The Kier molecular flexibility index (Phi) is 85.3. The highest BCUT2D eigenvalue weighted by Crippen LogP contribution is 2.45. The van der Waals surface area contributed by atoms with Crippen LogP contribution in [-0.4, -0.2) is 95.9 Å². The lowest BCUT2D eigenvalue weighted by molar-refractivity contribution is -0.161. The number of allylic oxidation sites excluding steroid dienone is 32. The van der Waals surface area contributed by atoms with Crippen molar-refractivity contribution in [3.63, 3.8) is 0 Å². The van der Waals surface area contributed by atoms with E-state index in [-0.39, 0.29) is 19.3 Å². The summed E-state index contributed by atoms with van der Waals surface area (Å²) in [6, 6.07) is 0. The van der Waals surface area contributed by atoms with E-state index >= 15 is 0 Å². The Balaban J connectivity index is 4.67. The molecule has 4 N–H and O–H groups in total. The Morgan fingerprint density at radius 3 is 0.675 bits per heavy atom. The summed E-state index contributed by atoms with van der Waals surface area (Å²) in [6.45, 7) is 2.33. The monoisotopic (exact) mass is 1670 g/mol. The van der Waals surface area contributed by atoms with Crippen molar-refractivity contribution in [3.05, 3.63) is 194 Å². The summed E-state index contributed by atoms with van der Waals surface area (Å²) in [5, 5.41) is 20.7. The van der Waals surface area contributed by atoms with Gasteiger partial charge in [-0.25, -0.2) is 9.13 Å². The van der Waals surface area contributed by atoms with Crippen LogP contribution in [0.25, 0.3) is 0 Å². The Morgan fingerprint density at radius 1 is 0.239 bits per heavy atom. The molecule has 16 nitrogen and oxygen atoms in total. The van der Waals surface area contributed by atoms with Crippen molar-refractivity contribution < 1.29 is 75.8 Å². The van der Waals surface area contributed by atoms with Gasteiger partial charge < -0.3 is 34.2 Å². The van der Waals surface area contributed by atoms with Crippen LogP contribution >= 0.6 is 15.6 Å². The lowest BCUT2D eigenvalue weighted by Gasteiger charge is -2.21. The Bertz CT molecular complexity index is 2910. The normalized spacial score (nSPS) is 14.7. The number of hydrogen-bond acceptors (Lipinski definition) is 14. The van der Waals surface area contributed by atoms with E-state index in [1.165, 1.54) is 109 Å². The van der Waals surface area contributed by atoms with Crippen LogP contribution in [0.2, 0.25) is 0 Å². The standard InChI is InChI=1S/C99H164O16P2/c1-4-7-10-13-16-19-22-25-28-31-34-37-40-42-44-46-48-50-53-55-58-61-64-67-70-73-76-79-82-85-97(102)109-88-94(100)89-111-116(105,106)112-90-95(101)91-113-117(107,108)114-93-96(115-99(104)87-84-81-78-75-72-69-66-63-60-57-52-39-36-33-30-27-24-21-18-15-12-9-6-3)92-110-98(103)86-83-80-77-74-71-68-65-62-59-56-54-51-49-47-45-43-41-38-35-32-29-26-23-20-17-14-11-8-5-2/h7-12,16-21,25-30,34-39,42-45,57,60,66,69,94-96,100-101H,4-6,13-15,22-24,31-33,40-41,46-56,58-59,61-65,67-68,70-93H2,1-3H3,(H,105,106)(H,107,108)/b10-7-,11-8-,12-9-,19-16-,20-17-,21-18-,28-25-,29-26-,30-27-,37-34-,38-35-,39-36-,44-42-,45-43-,60-57-,69-66-. The van der Waals surface area contributed by atoms with Crippen molar-refractivity contribution in [1.29, 1.82) is 0 Å². The molecule has 0 heterocycles. The van der Waals surface area contributed by atoms with Gasteiger partial charge in [0.1, 0.15) is 25.4 Å². The molecule has 666 valence electrons. The molecule has 0 amide bonds. The van der Waals surface area contributed by atoms with Gasteiger partial charge in [0.2, 0.25) is 0 Å². The molecule has 0 bridgehead atoms. The minimum absolute atomic E-state index is 0.0684. The molecule has 5 unspecified atom stereocenters. The van der Waals surface area contributed by atoms with Crippen molar-refractivity contribution in [1.82, 2.24) is 0 Å². The molecular formula is C99H164O16P2. The smallest absolute Gasteiger partial charge is 0.463 e. The maximum Gasteiger partial charge on any atom is 0.472 e. The highest BCUT2D eigenvalue weighted by Gasteiger charge is 2.29. The van der Waals surface area contributed by atoms with Crippen LogP contribution in [0.1, 0.15) is 355 Å². The third-order valence-corrected chi connectivity index (χ3v) is 20.7. The van der Waals surface area contributed by atoms with Gasteiger partial charge in [0.15, 0.2) is 6.10 Å². The second-order valence-electron chi connectivity index (χ2n) is 30.0. The van der Waals surface area contributed by atoms with Gasteiger partial charge in [0, 0.05) is 19.3 Å². The molecule has 0 aromatic rings. The van der Waals surface area contributed by atoms with Gasteiger partial charge in [0.25, 0.3) is 0 Å². The number of ether oxygens (including phenoxy) is 3. The molecule has 0 aromatic heterocycles. The zero-order chi connectivity index (χ0) is 85.1. The fourth-order valence-electron chi connectivity index (χ4n) is 12.0. The van der Waals surface area contributed by atoms with Crippen LogP contribution in [0, 0.1) is 0 Å². The number of aliphatic hydroxyl groups is 2. The topological polar surface area (TPSA) is 231 Å². The second kappa shape index (κ2) is 89.6. The van der Waals surface area contributed by atoms with Crippen molar-refractivity contribution in [2.24, 2.45) is 0 Å². The highest BCUT2D eigenvalue weighted by atomic mass is 31.2. The van der Waals surface area contributed by atoms with Gasteiger partial charge in [-0.3, -0.25) is 32.5 Å². The molecule has 0 aromatic carbocycles. The largest absolute Gasteiger partial charge is 0.472 e. The molecule has 0 aliphatic rings. The number of aliphatic hydroxyl groups excluding tert-OH is 2. The van der Waals surface area contributed by atoms with Gasteiger partial charge in [-0.05, 0) is 161 Å². The molecular weight excluding hydrogens is 1510 g/mol. The Labute approximate surface area is 712 Å². The zero-order valence-corrected chi connectivity index (χ0v) is 75.1. The minimum atomic E-state index is -4.96. The molecule has 0 radical (unpaired) electrons. The van der Waals surface area contributed by atoms with E-state index in [0.717, 1.165) is 186 Å². The van der Waals surface area contributed by atoms with Gasteiger partial charge in [-0.2, -0.15) is 0 Å². The summed E-state index contributed by atoms with van der Waals surface area (Å²) in [5.41, 5.74) is 0. The predicted octanol–water partition coefficient (Wildman–Crippen LogP) is 28.2. The van der Waals surface area contributed by atoms with E-state index < -0.39 is 91.5 Å². The van der Waals surface area contributed by atoms with E-state index in [2.05, 4.69) is 215 Å². The third-order valence-electron chi connectivity index (χ3n) is 18.8. The van der Waals surface area contributed by atoms with Gasteiger partial charge in [0.05, 0.1) is 26.4 Å². The lowest BCUT2D eigenvalue weighted by atomic mass is 10.0. The van der Waals surface area contributed by atoms with E-state index in [4.69, 9.17) is 32.3 Å². The van der Waals surface area contributed by atoms with Crippen LogP contribution in [0.4, 0.5) is 0 Å². The van der Waals surface area contributed by atoms with Crippen LogP contribution in [0.5, 0.6) is 0 Å². The first-order chi connectivity index (χ1) is 57.2. The van der Waals surface area contributed by atoms with E-state index in [1.807, 2.05) is 0 Å². The van der Waals surface area contributed by atoms with Gasteiger partial charge >= 0.3 is 33.6 Å². The SMILES string of the molecule is CC/C=C\C/C=C\C/C=C\C/C=C\C/C=C\C/C=C\CCCCCCC(=O)OC(COC(=O)CCCCCCCCCCCCCCC/C=C\C/C=C\C/C=C\C/C=C\C/C=C\CC)COP(=O)(O)OCC(O)COP(=O)(O)OCC(O)COC(=O)CCCCCCCCCCCCCCC/C=C\C/C=C\C/C=C\C/C=C\C/C=C\CC. The molecule has 117 heavy (non-hydrogen) atoms. The first-order valence-corrected chi connectivity index (χ1v) is 48.7. The predicted molar refractivity (Wildman–Crippen MR) is 491 cm³/mol. The first-order valence-electron chi connectivity index (χ1n) is 45.7. The number of phosphoric acid groups is 2. The maximum absolute atomic E-state index is 13.1. The van der Waals surface area contributed by atoms with Crippen molar-refractivity contribution >= 4 is 33.6 Å². The quantitative estimate of drug-likeness (QED) is 0.0146. The summed E-state index contributed by atoms with van der Waals surface area (Å²) in [6.07, 6.45) is 119. The number of hydrogen-bond donors (Lipinski definition) is 4. The number of phosphoric ester groups is 2. The lowest BCUT2D eigenvalue weighted by Crippen LogP contribution is -2.30. The second-order valence-corrected chi connectivity index (χ2v) is 32.9. The highest BCUT2D eigenvalue weighted by molar-refractivity contribution is 7.47. The van der Waals surface area contributed by atoms with Gasteiger partial charge in [-0.1, -0.05) is 369 Å². The molecule has 0 saturated carbocycles. The average Bonchev–Trinajstić information content (AvgIpc) is 0.894. The number of esters is 3. The van der Waals surface area contributed by atoms with E-state index in [9.17, 15) is 43.5 Å². The zero-order valence-electron chi connectivity index (χ0n) is 73.3. The molecule has 5 atom stereocenters. The maximum atomic E-state index is 13.1. The summed E-state index contributed by atoms with van der Waals surface area (Å²) in [4.78, 5) is 59.0. The van der Waals surface area contributed by atoms with Crippen LogP contribution in [0.15, 0.2) is 194 Å². The molecule has 0 fully saturated rings. The molecule has 0 aliphatic carbocycles. The van der Waals surface area contributed by atoms with Crippen LogP contribution in [0.3, 0.4) is 0 Å². The number of carbonyl (C=O) groups excluding carboxylic acids is 3. The number of unbranched alkanes of at least 4 members (excludes halogenated alkanes) is 30. The molecule has 0 aliphatic heterocycles. The van der Waals surface area contributed by atoms with E-state index in [0.29, 0.717) is 19.3 Å². The average molecular weight is 1670 g/mol. The molecule has 18 heteroatoms. The Hall–Kier alpha value is -5.61. The summed E-state index contributed by atoms with van der Waals surface area (Å²) in [5.74, 6) is -1.61. The molecule has 0 saturated heterocycles. The van der Waals surface area contributed by atoms with Crippen molar-refractivity contribution in [3.8, 4) is 0 Å². The first kappa shape index (κ1) is 111. The summed E-state index contributed by atoms with van der Waals surface area (Å²) in [7, 11) is -9.83. The number of carbonyl (C=O) groups is 3. The van der Waals surface area contributed by atoms with Crippen molar-refractivity contribution in [2.45, 2.75) is 373 Å². The summed E-state index contributed by atoms with van der Waals surface area (Å²) < 4.78 is 61.5. The Morgan fingerprint density at radius 2 is 0.427 bits per heavy atom.